The third-order valence-electron chi connectivity index (χ3n) is 5.47. The van der Waals surface area contributed by atoms with E-state index in [-0.39, 0.29) is 5.92 Å². The molecule has 2 aliphatic rings. The second-order valence-corrected chi connectivity index (χ2v) is 7.68. The Morgan fingerprint density at radius 3 is 3.04 bits per heavy atom. The van der Waals surface area contributed by atoms with Gasteiger partial charge in [-0.1, -0.05) is 18.5 Å². The maximum atomic E-state index is 12.9. The number of fused-ring (bicyclic) bond motifs is 3. The Balaban J connectivity index is 1.59. The van der Waals surface area contributed by atoms with Crippen LogP contribution in [0.1, 0.15) is 37.4 Å². The van der Waals surface area contributed by atoms with Gasteiger partial charge in [-0.2, -0.15) is 0 Å². The quantitative estimate of drug-likeness (QED) is 0.836. The lowest BCUT2D eigenvalue weighted by atomic mass is 9.85. The van der Waals surface area contributed by atoms with E-state index in [0.29, 0.717) is 11.8 Å². The normalized spacial score (nSPS) is 24.7. The zero-order valence-corrected chi connectivity index (χ0v) is 14.3. The molecular weight excluding hydrogens is 308 g/mol. The van der Waals surface area contributed by atoms with Crippen LogP contribution in [0, 0.1) is 11.8 Å². The highest BCUT2D eigenvalue weighted by molar-refractivity contribution is 6.31. The summed E-state index contributed by atoms with van der Waals surface area (Å²) < 4.78 is 0. The van der Waals surface area contributed by atoms with Crippen LogP contribution in [0.2, 0.25) is 5.02 Å². The average molecular weight is 331 g/mol. The first-order valence-corrected chi connectivity index (χ1v) is 9.07. The van der Waals surface area contributed by atoms with Crippen LogP contribution in [0.3, 0.4) is 0 Å². The molecular formula is C19H23ClN2O. The number of likely N-dealkylation sites (tertiary alicyclic amines) is 1. The Kier molecular flexibility index (Phi) is 3.84. The van der Waals surface area contributed by atoms with Gasteiger partial charge in [0.2, 0.25) is 5.91 Å². The van der Waals surface area contributed by atoms with Crippen molar-refractivity contribution < 1.29 is 4.79 Å². The number of halogens is 1. The molecule has 1 amide bonds. The molecule has 2 unspecified atom stereocenters. The van der Waals surface area contributed by atoms with Gasteiger partial charge in [-0.05, 0) is 61.8 Å². The summed E-state index contributed by atoms with van der Waals surface area (Å²) in [4.78, 5) is 18.5. The number of aromatic nitrogens is 1. The molecule has 1 aliphatic carbocycles. The number of carbonyl (C=O) groups is 1. The fourth-order valence-electron chi connectivity index (χ4n) is 4.25. The van der Waals surface area contributed by atoms with Crippen molar-refractivity contribution in [2.45, 2.75) is 39.0 Å². The molecule has 1 aliphatic heterocycles. The van der Waals surface area contributed by atoms with Crippen LogP contribution in [0.5, 0.6) is 0 Å². The van der Waals surface area contributed by atoms with Crippen LogP contribution in [-0.2, 0) is 17.6 Å². The molecule has 1 aromatic heterocycles. The Morgan fingerprint density at radius 1 is 1.35 bits per heavy atom. The average Bonchev–Trinajstić information content (AvgIpc) is 2.91. The van der Waals surface area contributed by atoms with Crippen molar-refractivity contribution in [1.29, 1.82) is 0 Å². The maximum absolute atomic E-state index is 12.9. The molecule has 0 saturated carbocycles. The zero-order valence-electron chi connectivity index (χ0n) is 13.6. The van der Waals surface area contributed by atoms with Gasteiger partial charge in [-0.15, -0.1) is 0 Å². The lowest BCUT2D eigenvalue weighted by Crippen LogP contribution is -2.43. The topological polar surface area (TPSA) is 36.1 Å². The molecule has 0 radical (unpaired) electrons. The van der Waals surface area contributed by atoms with Gasteiger partial charge in [-0.25, -0.2) is 0 Å². The van der Waals surface area contributed by atoms with Crippen molar-refractivity contribution in [3.05, 3.63) is 34.5 Å². The fourth-order valence-corrected chi connectivity index (χ4v) is 4.42. The molecule has 3 nitrogen and oxygen atoms in total. The Labute approximate surface area is 142 Å². The number of aromatic amines is 1. The first-order chi connectivity index (χ1) is 11.1. The van der Waals surface area contributed by atoms with Gasteiger partial charge in [-0.3, -0.25) is 4.79 Å². The monoisotopic (exact) mass is 330 g/mol. The summed E-state index contributed by atoms with van der Waals surface area (Å²) in [5.74, 6) is 1.13. The largest absolute Gasteiger partial charge is 0.358 e. The predicted octanol–water partition coefficient (Wildman–Crippen LogP) is 4.18. The number of nitrogens with one attached hydrogen (secondary N) is 1. The summed E-state index contributed by atoms with van der Waals surface area (Å²) in [5, 5.41) is 1.95. The number of amides is 1. The van der Waals surface area contributed by atoms with Crippen LogP contribution in [-0.4, -0.2) is 28.9 Å². The van der Waals surface area contributed by atoms with E-state index in [4.69, 9.17) is 11.6 Å². The zero-order chi connectivity index (χ0) is 16.0. The van der Waals surface area contributed by atoms with Gasteiger partial charge in [0.1, 0.15) is 0 Å². The standard InChI is InChI=1S/C19H23ClN2O/c1-12-3-2-8-22(11-12)19(23)13-4-6-17-15(9-13)16-10-14(20)5-7-18(16)21-17/h5,7,10,12-13,21H,2-4,6,8-9,11H2,1H3. The summed E-state index contributed by atoms with van der Waals surface area (Å²) in [7, 11) is 0. The molecule has 2 atom stereocenters. The number of rotatable bonds is 1. The van der Waals surface area contributed by atoms with Crippen LogP contribution >= 0.6 is 11.6 Å². The molecule has 1 aromatic carbocycles. The number of aryl methyl sites for hydroxylation is 1. The number of carbonyl (C=O) groups excluding carboxylic acids is 1. The van der Waals surface area contributed by atoms with E-state index >= 15 is 0 Å². The van der Waals surface area contributed by atoms with Crippen LogP contribution in [0.15, 0.2) is 18.2 Å². The Bertz CT molecular complexity index is 751. The number of H-pyrrole nitrogens is 1. The molecule has 4 heteroatoms. The lowest BCUT2D eigenvalue weighted by Gasteiger charge is -2.34. The number of hydrogen-bond acceptors (Lipinski definition) is 1. The minimum Gasteiger partial charge on any atom is -0.358 e. The SMILES string of the molecule is CC1CCCN(C(=O)C2CCc3[nH]c4ccc(Cl)cc4c3C2)C1. The van der Waals surface area contributed by atoms with E-state index in [0.717, 1.165) is 49.3 Å². The van der Waals surface area contributed by atoms with Crippen molar-refractivity contribution in [3.8, 4) is 0 Å². The molecule has 1 saturated heterocycles. The summed E-state index contributed by atoms with van der Waals surface area (Å²) >= 11 is 6.17. The molecule has 1 N–H and O–H groups in total. The molecule has 23 heavy (non-hydrogen) atoms. The molecule has 2 heterocycles. The van der Waals surface area contributed by atoms with Gasteiger partial charge in [0, 0.05) is 40.6 Å². The fraction of sp³-hybridized carbons (Fsp3) is 0.526. The van der Waals surface area contributed by atoms with E-state index in [9.17, 15) is 4.79 Å². The van der Waals surface area contributed by atoms with Crippen LogP contribution in [0.4, 0.5) is 0 Å². The van der Waals surface area contributed by atoms with Gasteiger partial charge in [0.05, 0.1) is 0 Å². The van der Waals surface area contributed by atoms with Crippen molar-refractivity contribution in [2.24, 2.45) is 11.8 Å². The Morgan fingerprint density at radius 2 is 2.22 bits per heavy atom. The van der Waals surface area contributed by atoms with Gasteiger partial charge in [0.15, 0.2) is 0 Å². The minimum atomic E-state index is 0.130. The molecule has 0 bridgehead atoms. The van der Waals surface area contributed by atoms with E-state index in [2.05, 4.69) is 16.8 Å². The summed E-state index contributed by atoms with van der Waals surface area (Å²) in [5.41, 5.74) is 3.73. The first kappa shape index (κ1) is 15.1. The van der Waals surface area contributed by atoms with Crippen molar-refractivity contribution >= 4 is 28.4 Å². The van der Waals surface area contributed by atoms with Gasteiger partial charge >= 0.3 is 0 Å². The summed E-state index contributed by atoms with van der Waals surface area (Å²) in [6.45, 7) is 4.12. The van der Waals surface area contributed by atoms with Crippen LogP contribution in [0.25, 0.3) is 10.9 Å². The van der Waals surface area contributed by atoms with Crippen molar-refractivity contribution in [3.63, 3.8) is 0 Å². The highest BCUT2D eigenvalue weighted by atomic mass is 35.5. The third kappa shape index (κ3) is 2.76. The van der Waals surface area contributed by atoms with Crippen molar-refractivity contribution in [1.82, 2.24) is 9.88 Å². The number of nitrogens with zero attached hydrogens (tertiary/aromatic N) is 1. The van der Waals surface area contributed by atoms with E-state index < -0.39 is 0 Å². The minimum absolute atomic E-state index is 0.130. The van der Waals surface area contributed by atoms with E-state index in [1.54, 1.807) is 0 Å². The molecule has 1 fully saturated rings. The number of piperidine rings is 1. The molecule has 4 rings (SSSR count). The number of hydrogen-bond donors (Lipinski definition) is 1. The summed E-state index contributed by atoms with van der Waals surface area (Å²) in [6.07, 6.45) is 5.16. The Hall–Kier alpha value is -1.48. The molecule has 0 spiro atoms. The van der Waals surface area contributed by atoms with E-state index in [1.165, 1.54) is 23.1 Å². The first-order valence-electron chi connectivity index (χ1n) is 8.69. The third-order valence-corrected chi connectivity index (χ3v) is 5.70. The van der Waals surface area contributed by atoms with Gasteiger partial charge < -0.3 is 9.88 Å². The predicted molar refractivity (Wildman–Crippen MR) is 93.8 cm³/mol. The molecule has 2 aromatic rings. The highest BCUT2D eigenvalue weighted by Gasteiger charge is 2.31. The number of benzene rings is 1. The van der Waals surface area contributed by atoms with Crippen molar-refractivity contribution in [2.75, 3.05) is 13.1 Å². The maximum Gasteiger partial charge on any atom is 0.226 e. The molecule has 122 valence electrons. The van der Waals surface area contributed by atoms with Crippen LogP contribution < -0.4 is 0 Å². The smallest absolute Gasteiger partial charge is 0.226 e. The summed E-state index contributed by atoms with van der Waals surface area (Å²) in [6, 6.07) is 5.99. The second kappa shape index (κ2) is 5.86. The van der Waals surface area contributed by atoms with E-state index in [1.807, 2.05) is 18.2 Å². The van der Waals surface area contributed by atoms with Gasteiger partial charge in [0.25, 0.3) is 0 Å². The lowest BCUT2D eigenvalue weighted by molar-refractivity contribution is -0.137. The highest BCUT2D eigenvalue weighted by Crippen LogP contribution is 2.34. The second-order valence-electron chi connectivity index (χ2n) is 7.24.